The Morgan fingerprint density at radius 3 is 2.50 bits per heavy atom. The molecule has 2 aromatic carbocycles. The van der Waals surface area contributed by atoms with Crippen molar-refractivity contribution in [2.45, 2.75) is 20.8 Å². The largest absolute Gasteiger partial charge is 0.508 e. The van der Waals surface area contributed by atoms with Crippen molar-refractivity contribution >= 4 is 17.3 Å². The molecule has 0 aliphatic rings. The highest BCUT2D eigenvalue weighted by molar-refractivity contribution is 6.07. The van der Waals surface area contributed by atoms with Gasteiger partial charge in [0.25, 0.3) is 5.91 Å². The molecule has 5 nitrogen and oxygen atoms in total. The quantitative estimate of drug-likeness (QED) is 0.454. The zero-order valence-electron chi connectivity index (χ0n) is 13.8. The maximum Gasteiger partial charge on any atom is 0.267 e. The smallest absolute Gasteiger partial charge is 0.267 e. The van der Waals surface area contributed by atoms with Gasteiger partial charge in [-0.3, -0.25) is 4.79 Å². The number of hydrogen-bond acceptors (Lipinski definition) is 4. The second-order valence-corrected chi connectivity index (χ2v) is 5.59. The predicted molar refractivity (Wildman–Crippen MR) is 94.7 cm³/mol. The van der Waals surface area contributed by atoms with Crippen molar-refractivity contribution in [1.82, 2.24) is 0 Å². The van der Waals surface area contributed by atoms with E-state index in [9.17, 15) is 15.2 Å². The monoisotopic (exact) mass is 321 g/mol. The van der Waals surface area contributed by atoms with Crippen LogP contribution in [-0.2, 0) is 4.79 Å². The van der Waals surface area contributed by atoms with Crippen LogP contribution in [0.5, 0.6) is 5.75 Å². The lowest BCUT2D eigenvalue weighted by Gasteiger charge is -2.09. The Balaban J connectivity index is 2.16. The van der Waals surface area contributed by atoms with Gasteiger partial charge >= 0.3 is 0 Å². The van der Waals surface area contributed by atoms with Gasteiger partial charge in [0.1, 0.15) is 17.4 Å². The number of aryl methyl sites for hydroxylation is 3. The van der Waals surface area contributed by atoms with Crippen LogP contribution in [0.15, 0.2) is 48.2 Å². The topological polar surface area (TPSA) is 85.2 Å². The second kappa shape index (κ2) is 7.34. The molecule has 0 radical (unpaired) electrons. The van der Waals surface area contributed by atoms with E-state index in [1.165, 1.54) is 12.3 Å². The summed E-state index contributed by atoms with van der Waals surface area (Å²) < 4.78 is 0. The first kappa shape index (κ1) is 17.1. The van der Waals surface area contributed by atoms with E-state index in [1.807, 2.05) is 38.1 Å². The van der Waals surface area contributed by atoms with Gasteiger partial charge in [-0.15, -0.1) is 0 Å². The van der Waals surface area contributed by atoms with Crippen molar-refractivity contribution in [2.75, 3.05) is 10.6 Å². The number of aromatic hydroxyl groups is 1. The molecule has 0 aliphatic heterocycles. The van der Waals surface area contributed by atoms with Gasteiger partial charge in [-0.25, -0.2) is 0 Å². The number of carbonyl (C=O) groups is 1. The number of rotatable bonds is 4. The van der Waals surface area contributed by atoms with Gasteiger partial charge in [-0.2, -0.15) is 5.26 Å². The molecule has 0 saturated carbocycles. The molecule has 0 fully saturated rings. The number of nitrogens with one attached hydrogen (secondary N) is 2. The Labute approximate surface area is 141 Å². The lowest BCUT2D eigenvalue weighted by molar-refractivity contribution is -0.112. The summed E-state index contributed by atoms with van der Waals surface area (Å²) in [4.78, 5) is 12.2. The highest BCUT2D eigenvalue weighted by Gasteiger charge is 2.11. The van der Waals surface area contributed by atoms with Crippen LogP contribution >= 0.6 is 0 Å². The number of hydrogen-bond donors (Lipinski definition) is 3. The third-order valence-electron chi connectivity index (χ3n) is 3.59. The zero-order valence-corrected chi connectivity index (χ0v) is 13.8. The van der Waals surface area contributed by atoms with E-state index >= 15 is 0 Å². The van der Waals surface area contributed by atoms with Gasteiger partial charge in [0.15, 0.2) is 0 Å². The molecular formula is C19H19N3O2. The van der Waals surface area contributed by atoms with E-state index in [-0.39, 0.29) is 11.3 Å². The highest BCUT2D eigenvalue weighted by atomic mass is 16.3. The number of amides is 1. The molecule has 0 bridgehead atoms. The molecule has 1 amide bonds. The summed E-state index contributed by atoms with van der Waals surface area (Å²) in [5.41, 5.74) is 4.16. The summed E-state index contributed by atoms with van der Waals surface area (Å²) in [6.07, 6.45) is 1.40. The molecule has 122 valence electrons. The van der Waals surface area contributed by atoms with Gasteiger partial charge < -0.3 is 15.7 Å². The molecule has 0 saturated heterocycles. The van der Waals surface area contributed by atoms with Crippen LogP contribution in [0.4, 0.5) is 11.4 Å². The van der Waals surface area contributed by atoms with E-state index in [2.05, 4.69) is 10.6 Å². The maximum atomic E-state index is 12.2. The SMILES string of the molecule is Cc1ccc(C)c(N/C=C(/C#N)C(=O)Nc2ccc(O)cc2C)c1. The minimum Gasteiger partial charge on any atom is -0.508 e. The minimum absolute atomic E-state index is 0.0385. The molecular weight excluding hydrogens is 302 g/mol. The fourth-order valence-electron chi connectivity index (χ4n) is 2.17. The van der Waals surface area contributed by atoms with Gasteiger partial charge in [-0.1, -0.05) is 12.1 Å². The molecule has 0 atom stereocenters. The zero-order chi connectivity index (χ0) is 17.7. The van der Waals surface area contributed by atoms with Crippen molar-refractivity contribution in [1.29, 1.82) is 5.26 Å². The Kier molecular flexibility index (Phi) is 5.23. The van der Waals surface area contributed by atoms with Gasteiger partial charge in [-0.05, 0) is 61.7 Å². The van der Waals surface area contributed by atoms with Gasteiger partial charge in [0.05, 0.1) is 0 Å². The Morgan fingerprint density at radius 1 is 1.08 bits per heavy atom. The highest BCUT2D eigenvalue weighted by Crippen LogP contribution is 2.21. The molecule has 0 spiro atoms. The average molecular weight is 321 g/mol. The molecule has 2 aromatic rings. The lowest BCUT2D eigenvalue weighted by atomic mass is 10.1. The van der Waals surface area contributed by atoms with Gasteiger partial charge in [0.2, 0.25) is 0 Å². The molecule has 0 aliphatic carbocycles. The van der Waals surface area contributed by atoms with E-state index in [0.717, 1.165) is 16.8 Å². The summed E-state index contributed by atoms with van der Waals surface area (Å²) in [6, 6.07) is 12.4. The molecule has 3 N–H and O–H groups in total. The summed E-state index contributed by atoms with van der Waals surface area (Å²) in [6.45, 7) is 5.68. The standard InChI is InChI=1S/C19H19N3O2/c1-12-4-5-13(2)18(8-12)21-11-15(10-20)19(24)22-17-7-6-16(23)9-14(17)3/h4-9,11,21,23H,1-3H3,(H,22,24)/b15-11-. The van der Waals surface area contributed by atoms with Crippen molar-refractivity contribution in [3.8, 4) is 11.8 Å². The Morgan fingerprint density at radius 2 is 1.83 bits per heavy atom. The van der Waals surface area contributed by atoms with Crippen molar-refractivity contribution in [3.63, 3.8) is 0 Å². The summed E-state index contributed by atoms with van der Waals surface area (Å²) in [7, 11) is 0. The van der Waals surface area contributed by atoms with Crippen LogP contribution in [0.1, 0.15) is 16.7 Å². The van der Waals surface area contributed by atoms with E-state index < -0.39 is 5.91 Å². The van der Waals surface area contributed by atoms with Crippen molar-refractivity contribution < 1.29 is 9.90 Å². The number of nitriles is 1. The lowest BCUT2D eigenvalue weighted by Crippen LogP contribution is -2.15. The molecule has 24 heavy (non-hydrogen) atoms. The van der Waals surface area contributed by atoms with Crippen molar-refractivity contribution in [3.05, 3.63) is 64.9 Å². The number of carbonyl (C=O) groups excluding carboxylic acids is 1. The first-order valence-electron chi connectivity index (χ1n) is 7.45. The summed E-state index contributed by atoms with van der Waals surface area (Å²) >= 11 is 0. The fourth-order valence-corrected chi connectivity index (χ4v) is 2.17. The van der Waals surface area contributed by atoms with Crippen LogP contribution in [0.25, 0.3) is 0 Å². The number of anilines is 2. The minimum atomic E-state index is -0.510. The predicted octanol–water partition coefficient (Wildman–Crippen LogP) is 3.78. The first-order chi connectivity index (χ1) is 11.4. The first-order valence-corrected chi connectivity index (χ1v) is 7.45. The number of phenolic OH excluding ortho intramolecular Hbond substituents is 1. The van der Waals surface area contributed by atoms with E-state index in [4.69, 9.17) is 0 Å². The van der Waals surface area contributed by atoms with Crippen LogP contribution in [0.3, 0.4) is 0 Å². The number of phenols is 1. The second-order valence-electron chi connectivity index (χ2n) is 5.59. The molecule has 0 aromatic heterocycles. The van der Waals surface area contributed by atoms with Gasteiger partial charge in [0, 0.05) is 17.6 Å². The average Bonchev–Trinajstić information content (AvgIpc) is 2.54. The summed E-state index contributed by atoms with van der Waals surface area (Å²) in [5.74, 6) is -0.387. The number of nitrogens with zero attached hydrogens (tertiary/aromatic N) is 1. The van der Waals surface area contributed by atoms with Crippen LogP contribution in [-0.4, -0.2) is 11.0 Å². The third kappa shape index (κ3) is 4.14. The van der Waals surface area contributed by atoms with Crippen LogP contribution < -0.4 is 10.6 Å². The summed E-state index contributed by atoms with van der Waals surface area (Å²) in [5, 5.41) is 24.3. The molecule has 5 heteroatoms. The van der Waals surface area contributed by atoms with Crippen LogP contribution in [0.2, 0.25) is 0 Å². The maximum absolute atomic E-state index is 12.2. The van der Waals surface area contributed by atoms with E-state index in [1.54, 1.807) is 19.1 Å². The normalized spacial score (nSPS) is 10.8. The fraction of sp³-hybridized carbons (Fsp3) is 0.158. The van der Waals surface area contributed by atoms with E-state index in [0.29, 0.717) is 11.3 Å². The molecule has 0 heterocycles. The third-order valence-corrected chi connectivity index (χ3v) is 3.59. The number of benzene rings is 2. The Bertz CT molecular complexity index is 848. The van der Waals surface area contributed by atoms with Crippen LogP contribution in [0, 0.1) is 32.1 Å². The molecule has 2 rings (SSSR count). The molecule has 0 unspecified atom stereocenters. The van der Waals surface area contributed by atoms with Crippen molar-refractivity contribution in [2.24, 2.45) is 0 Å². The Hall–Kier alpha value is -3.26.